The first kappa shape index (κ1) is 14.8. The van der Waals surface area contributed by atoms with E-state index in [9.17, 15) is 22.8 Å². The molecule has 2 amide bonds. The largest absolute Gasteiger partial charge is 0.419 e. The van der Waals surface area contributed by atoms with E-state index in [1.165, 1.54) is 14.0 Å². The lowest BCUT2D eigenvalue weighted by Gasteiger charge is -2.18. The summed E-state index contributed by atoms with van der Waals surface area (Å²) in [7, 11) is 1.29. The van der Waals surface area contributed by atoms with Gasteiger partial charge in [0.25, 0.3) is 11.8 Å². The van der Waals surface area contributed by atoms with E-state index in [1.54, 1.807) is 0 Å². The molecule has 2 rings (SSSR count). The van der Waals surface area contributed by atoms with Crippen LogP contribution in [0.25, 0.3) is 0 Å². The maximum atomic E-state index is 12.7. The van der Waals surface area contributed by atoms with Gasteiger partial charge in [0.2, 0.25) is 0 Å². The van der Waals surface area contributed by atoms with Crippen LogP contribution in [0.3, 0.4) is 0 Å². The highest BCUT2D eigenvalue weighted by molar-refractivity contribution is 6.16. The standard InChI is InChI=1S/C12H11F3N4O2/c1-6-5-9(20)19(11(6)21)18-8-4-3-7(12(13,14)15)10(16-2)17-8/h3-5H,1-2H3,(H2,16,17,18). The van der Waals surface area contributed by atoms with Gasteiger partial charge < -0.3 is 5.32 Å². The molecule has 1 aromatic heterocycles. The number of amides is 2. The second-order valence-electron chi connectivity index (χ2n) is 4.26. The van der Waals surface area contributed by atoms with E-state index in [0.29, 0.717) is 5.01 Å². The van der Waals surface area contributed by atoms with Gasteiger partial charge in [0.1, 0.15) is 11.6 Å². The number of nitrogens with one attached hydrogen (secondary N) is 2. The number of pyridine rings is 1. The molecule has 0 radical (unpaired) electrons. The zero-order valence-corrected chi connectivity index (χ0v) is 11.1. The lowest BCUT2D eigenvalue weighted by atomic mass is 10.2. The first-order valence-corrected chi connectivity index (χ1v) is 5.83. The molecule has 0 atom stereocenters. The summed E-state index contributed by atoms with van der Waals surface area (Å²) in [5.74, 6) is -1.65. The van der Waals surface area contributed by atoms with Gasteiger partial charge in [-0.1, -0.05) is 0 Å². The number of hydrazine groups is 1. The highest BCUT2D eigenvalue weighted by Crippen LogP contribution is 2.34. The highest BCUT2D eigenvalue weighted by Gasteiger charge is 2.35. The molecule has 1 aliphatic rings. The molecule has 0 aromatic carbocycles. The molecule has 6 nitrogen and oxygen atoms in total. The minimum atomic E-state index is -4.55. The molecular weight excluding hydrogens is 289 g/mol. The fraction of sp³-hybridized carbons (Fsp3) is 0.250. The van der Waals surface area contributed by atoms with Crippen LogP contribution < -0.4 is 10.7 Å². The van der Waals surface area contributed by atoms with Gasteiger partial charge in [-0.25, -0.2) is 4.98 Å². The van der Waals surface area contributed by atoms with Gasteiger partial charge in [0.15, 0.2) is 0 Å². The van der Waals surface area contributed by atoms with E-state index in [-0.39, 0.29) is 11.4 Å². The Balaban J connectivity index is 2.27. The highest BCUT2D eigenvalue weighted by atomic mass is 19.4. The molecule has 21 heavy (non-hydrogen) atoms. The quantitative estimate of drug-likeness (QED) is 0.832. The number of carbonyl (C=O) groups excluding carboxylic acids is 2. The maximum absolute atomic E-state index is 12.7. The first-order valence-electron chi connectivity index (χ1n) is 5.83. The smallest absolute Gasteiger partial charge is 0.373 e. The fourth-order valence-electron chi connectivity index (χ4n) is 1.75. The van der Waals surface area contributed by atoms with Gasteiger partial charge in [-0.15, -0.1) is 0 Å². The van der Waals surface area contributed by atoms with E-state index < -0.39 is 29.4 Å². The molecule has 0 spiro atoms. The number of rotatable bonds is 3. The first-order chi connectivity index (χ1) is 9.74. The molecule has 0 bridgehead atoms. The third-order valence-electron chi connectivity index (χ3n) is 2.76. The van der Waals surface area contributed by atoms with Crippen LogP contribution in [0, 0.1) is 0 Å². The second-order valence-corrected chi connectivity index (χ2v) is 4.26. The summed E-state index contributed by atoms with van der Waals surface area (Å²) in [4.78, 5) is 26.9. The predicted octanol–water partition coefficient (Wildman–Crippen LogP) is 1.78. The molecule has 0 saturated heterocycles. The Kier molecular flexibility index (Phi) is 3.58. The molecule has 1 aromatic rings. The van der Waals surface area contributed by atoms with Crippen molar-refractivity contribution in [3.05, 3.63) is 29.3 Å². The Morgan fingerprint density at radius 2 is 1.90 bits per heavy atom. The van der Waals surface area contributed by atoms with E-state index in [2.05, 4.69) is 15.7 Å². The third kappa shape index (κ3) is 2.81. The van der Waals surface area contributed by atoms with Gasteiger partial charge >= 0.3 is 6.18 Å². The molecule has 2 heterocycles. The van der Waals surface area contributed by atoms with Gasteiger partial charge in [-0.05, 0) is 19.1 Å². The van der Waals surface area contributed by atoms with Crippen LogP contribution >= 0.6 is 0 Å². The summed E-state index contributed by atoms with van der Waals surface area (Å²) in [5.41, 5.74) is 1.68. The minimum Gasteiger partial charge on any atom is -0.373 e. The zero-order valence-electron chi connectivity index (χ0n) is 11.1. The van der Waals surface area contributed by atoms with Crippen molar-refractivity contribution in [1.82, 2.24) is 9.99 Å². The second kappa shape index (κ2) is 5.08. The van der Waals surface area contributed by atoms with Crippen molar-refractivity contribution in [2.75, 3.05) is 17.8 Å². The predicted molar refractivity (Wildman–Crippen MR) is 68.0 cm³/mol. The van der Waals surface area contributed by atoms with Crippen LogP contribution in [0.1, 0.15) is 12.5 Å². The normalized spacial score (nSPS) is 15.3. The Morgan fingerprint density at radius 3 is 2.38 bits per heavy atom. The monoisotopic (exact) mass is 300 g/mol. The van der Waals surface area contributed by atoms with Gasteiger partial charge in [-0.3, -0.25) is 15.0 Å². The van der Waals surface area contributed by atoms with E-state index in [1.807, 2.05) is 0 Å². The van der Waals surface area contributed by atoms with Crippen LogP contribution in [0.4, 0.5) is 24.8 Å². The average molecular weight is 300 g/mol. The Labute approximate surface area is 117 Å². The summed E-state index contributed by atoms with van der Waals surface area (Å²) in [6, 6.07) is 1.85. The SMILES string of the molecule is CNc1nc(NN2C(=O)C=C(C)C2=O)ccc1C(F)(F)F. The lowest BCUT2D eigenvalue weighted by Crippen LogP contribution is -2.36. The van der Waals surface area contributed by atoms with Crippen molar-refractivity contribution >= 4 is 23.5 Å². The summed E-state index contributed by atoms with van der Waals surface area (Å²) in [6.07, 6.45) is -3.43. The van der Waals surface area contributed by atoms with Crippen molar-refractivity contribution in [3.63, 3.8) is 0 Å². The lowest BCUT2D eigenvalue weighted by molar-refractivity contribution is -0.138. The van der Waals surface area contributed by atoms with Crippen LogP contribution in [-0.4, -0.2) is 28.9 Å². The van der Waals surface area contributed by atoms with Crippen molar-refractivity contribution in [1.29, 1.82) is 0 Å². The van der Waals surface area contributed by atoms with Crippen molar-refractivity contribution in [3.8, 4) is 0 Å². The number of halogens is 3. The van der Waals surface area contributed by atoms with Crippen LogP contribution in [0.15, 0.2) is 23.8 Å². The molecule has 2 N–H and O–H groups in total. The molecule has 112 valence electrons. The summed E-state index contributed by atoms with van der Waals surface area (Å²) in [5, 5.41) is 3.01. The van der Waals surface area contributed by atoms with Crippen LogP contribution in [0.2, 0.25) is 0 Å². The number of anilines is 2. The molecule has 1 aliphatic heterocycles. The van der Waals surface area contributed by atoms with Gasteiger partial charge in [0.05, 0.1) is 5.56 Å². The number of carbonyl (C=O) groups is 2. The number of hydrogen-bond donors (Lipinski definition) is 2. The van der Waals surface area contributed by atoms with E-state index in [0.717, 1.165) is 18.2 Å². The Hall–Kier alpha value is -2.58. The number of imide groups is 1. The third-order valence-corrected chi connectivity index (χ3v) is 2.76. The van der Waals surface area contributed by atoms with Crippen LogP contribution in [0.5, 0.6) is 0 Å². The molecule has 9 heteroatoms. The number of alkyl halides is 3. The van der Waals surface area contributed by atoms with E-state index >= 15 is 0 Å². The average Bonchev–Trinajstić information content (AvgIpc) is 2.64. The van der Waals surface area contributed by atoms with Crippen molar-refractivity contribution in [2.24, 2.45) is 0 Å². The van der Waals surface area contributed by atoms with Crippen molar-refractivity contribution < 1.29 is 22.8 Å². The number of aromatic nitrogens is 1. The molecule has 0 unspecified atom stereocenters. The van der Waals surface area contributed by atoms with Gasteiger partial charge in [-0.2, -0.15) is 18.2 Å². The summed E-state index contributed by atoms with van der Waals surface area (Å²) in [6.45, 7) is 1.46. The van der Waals surface area contributed by atoms with Crippen molar-refractivity contribution in [2.45, 2.75) is 13.1 Å². The summed E-state index contributed by atoms with van der Waals surface area (Å²) < 4.78 is 38.2. The Morgan fingerprint density at radius 1 is 1.24 bits per heavy atom. The van der Waals surface area contributed by atoms with Gasteiger partial charge in [0, 0.05) is 18.7 Å². The zero-order chi connectivity index (χ0) is 15.8. The minimum absolute atomic E-state index is 0.0582. The number of nitrogens with zero attached hydrogens (tertiary/aromatic N) is 2. The molecule has 0 aliphatic carbocycles. The molecule has 0 fully saturated rings. The topological polar surface area (TPSA) is 74.3 Å². The van der Waals surface area contributed by atoms with Crippen LogP contribution in [-0.2, 0) is 15.8 Å². The number of hydrogen-bond acceptors (Lipinski definition) is 5. The van der Waals surface area contributed by atoms with E-state index in [4.69, 9.17) is 0 Å². The summed E-state index contributed by atoms with van der Waals surface area (Å²) >= 11 is 0. The molecule has 0 saturated carbocycles. The molecular formula is C12H11F3N4O2. The maximum Gasteiger partial charge on any atom is 0.419 e. The Bertz CT molecular complexity index is 640. The fourth-order valence-corrected chi connectivity index (χ4v) is 1.75.